The van der Waals surface area contributed by atoms with E-state index in [1.165, 1.54) is 4.90 Å². The Morgan fingerprint density at radius 3 is 2.55 bits per heavy atom. The van der Waals surface area contributed by atoms with Gasteiger partial charge in [0.25, 0.3) is 5.91 Å². The van der Waals surface area contributed by atoms with Crippen molar-refractivity contribution in [3.05, 3.63) is 93.1 Å². The molecule has 7 nitrogen and oxygen atoms in total. The van der Waals surface area contributed by atoms with Crippen molar-refractivity contribution >= 4 is 22.8 Å². The fraction of sp³-hybridized carbons (Fsp3) is 0.231. The van der Waals surface area contributed by atoms with Gasteiger partial charge in [-0.25, -0.2) is 9.97 Å². The molecule has 1 atom stereocenters. The van der Waals surface area contributed by atoms with Gasteiger partial charge >= 0.3 is 0 Å². The van der Waals surface area contributed by atoms with Crippen LogP contribution < -0.4 is 15.1 Å². The Labute approximate surface area is 190 Å². The van der Waals surface area contributed by atoms with Crippen LogP contribution in [-0.2, 0) is 0 Å². The summed E-state index contributed by atoms with van der Waals surface area (Å²) < 4.78 is 11.9. The predicted octanol–water partition coefficient (Wildman–Crippen LogP) is 4.74. The number of hydrogen-bond acceptors (Lipinski definition) is 6. The van der Waals surface area contributed by atoms with Crippen LogP contribution in [0.3, 0.4) is 0 Å². The molecule has 0 aliphatic carbocycles. The van der Waals surface area contributed by atoms with Crippen LogP contribution in [0.25, 0.3) is 11.0 Å². The van der Waals surface area contributed by atoms with E-state index < -0.39 is 11.9 Å². The van der Waals surface area contributed by atoms with E-state index in [9.17, 15) is 9.59 Å². The molecule has 0 radical (unpaired) electrons. The number of carbonyl (C=O) groups excluding carboxylic acids is 1. The Hall–Kier alpha value is -4.00. The van der Waals surface area contributed by atoms with E-state index in [1.807, 2.05) is 51.1 Å². The number of carbonyl (C=O) groups is 1. The van der Waals surface area contributed by atoms with Crippen LogP contribution in [0, 0.1) is 13.8 Å². The number of aryl methyl sites for hydroxylation is 2. The van der Waals surface area contributed by atoms with Crippen LogP contribution in [0.1, 0.15) is 52.2 Å². The molecule has 0 bridgehead atoms. The van der Waals surface area contributed by atoms with E-state index in [1.54, 1.807) is 24.5 Å². The molecule has 2 aromatic carbocycles. The van der Waals surface area contributed by atoms with Gasteiger partial charge in [-0.2, -0.15) is 0 Å². The smallest absolute Gasteiger partial charge is 0.297 e. The molecule has 0 N–H and O–H groups in total. The Morgan fingerprint density at radius 1 is 1.03 bits per heavy atom. The zero-order valence-electron chi connectivity index (χ0n) is 18.7. The number of amides is 1. The van der Waals surface area contributed by atoms with Crippen molar-refractivity contribution in [1.82, 2.24) is 9.97 Å². The summed E-state index contributed by atoms with van der Waals surface area (Å²) in [4.78, 5) is 37.3. The molecule has 3 heterocycles. The lowest BCUT2D eigenvalue weighted by molar-refractivity contribution is 0.0969. The van der Waals surface area contributed by atoms with E-state index in [0.29, 0.717) is 23.3 Å². The molecule has 5 rings (SSSR count). The number of nitrogens with zero attached hydrogens (tertiary/aromatic N) is 3. The molecule has 0 saturated carbocycles. The van der Waals surface area contributed by atoms with Gasteiger partial charge in [0, 0.05) is 12.4 Å². The third-order valence-electron chi connectivity index (χ3n) is 5.90. The summed E-state index contributed by atoms with van der Waals surface area (Å²) in [5.41, 5.74) is 3.13. The van der Waals surface area contributed by atoms with Gasteiger partial charge in [0.15, 0.2) is 5.43 Å². The summed E-state index contributed by atoms with van der Waals surface area (Å²) in [5, 5.41) is 0.448. The fourth-order valence-corrected chi connectivity index (χ4v) is 4.16. The Kier molecular flexibility index (Phi) is 5.17. The first-order valence-corrected chi connectivity index (χ1v) is 10.9. The summed E-state index contributed by atoms with van der Waals surface area (Å²) in [6.07, 6.45) is 4.00. The second-order valence-electron chi connectivity index (χ2n) is 8.15. The van der Waals surface area contributed by atoms with Crippen molar-refractivity contribution < 1.29 is 13.9 Å². The van der Waals surface area contributed by atoms with E-state index in [-0.39, 0.29) is 22.7 Å². The molecule has 4 aromatic rings. The second kappa shape index (κ2) is 8.16. The van der Waals surface area contributed by atoms with Crippen molar-refractivity contribution in [1.29, 1.82) is 0 Å². The summed E-state index contributed by atoms with van der Waals surface area (Å²) >= 11 is 0. The Morgan fingerprint density at radius 2 is 1.79 bits per heavy atom. The first kappa shape index (κ1) is 20.9. The summed E-state index contributed by atoms with van der Waals surface area (Å²) in [6.45, 7) is 6.49. The lowest BCUT2D eigenvalue weighted by Crippen LogP contribution is -2.31. The minimum atomic E-state index is -0.734. The van der Waals surface area contributed by atoms with Crippen molar-refractivity contribution in [2.45, 2.75) is 33.2 Å². The van der Waals surface area contributed by atoms with Gasteiger partial charge in [-0.15, -0.1) is 0 Å². The van der Waals surface area contributed by atoms with Crippen LogP contribution in [-0.4, -0.2) is 22.5 Å². The highest BCUT2D eigenvalue weighted by Crippen LogP contribution is 2.40. The minimum Gasteiger partial charge on any atom is -0.494 e. The summed E-state index contributed by atoms with van der Waals surface area (Å²) in [7, 11) is 0. The number of aromatic nitrogens is 2. The first-order chi connectivity index (χ1) is 16.0. The van der Waals surface area contributed by atoms with Crippen molar-refractivity contribution in [3.8, 4) is 5.75 Å². The van der Waals surface area contributed by atoms with Gasteiger partial charge in [0.05, 0.1) is 23.6 Å². The summed E-state index contributed by atoms with van der Waals surface area (Å²) in [6, 6.07) is 12.0. The third-order valence-corrected chi connectivity index (χ3v) is 5.90. The molecule has 0 fully saturated rings. The van der Waals surface area contributed by atoms with Crippen molar-refractivity contribution in [3.63, 3.8) is 0 Å². The van der Waals surface area contributed by atoms with Crippen LogP contribution >= 0.6 is 0 Å². The number of ether oxygens (including phenoxy) is 1. The van der Waals surface area contributed by atoms with Crippen molar-refractivity contribution in [2.75, 3.05) is 11.5 Å². The normalized spacial score (nSPS) is 15.2. The number of benzene rings is 2. The third kappa shape index (κ3) is 3.46. The minimum absolute atomic E-state index is 0.0214. The molecule has 1 aliphatic rings. The van der Waals surface area contributed by atoms with Gasteiger partial charge in [-0.1, -0.05) is 19.1 Å². The quantitative estimate of drug-likeness (QED) is 0.445. The molecule has 1 aliphatic heterocycles. The standard InChI is InChI=1S/C26H23N3O4/c1-4-11-32-18-8-5-7-17(14-18)22-21-23(30)19-12-15(2)16(3)13-20(19)33-24(21)25(31)29(22)26-27-9-6-10-28-26/h5-10,12-14,22H,4,11H2,1-3H3. The zero-order valence-corrected chi connectivity index (χ0v) is 18.7. The number of fused-ring (bicyclic) bond motifs is 2. The predicted molar refractivity (Wildman–Crippen MR) is 125 cm³/mol. The van der Waals surface area contributed by atoms with Gasteiger partial charge in [-0.3, -0.25) is 14.5 Å². The highest BCUT2D eigenvalue weighted by molar-refractivity contribution is 6.09. The molecular weight excluding hydrogens is 418 g/mol. The monoisotopic (exact) mass is 441 g/mol. The SMILES string of the molecule is CCCOc1cccc(C2c3c(oc4cc(C)c(C)cc4c3=O)C(=O)N2c2ncccn2)c1. The molecule has 33 heavy (non-hydrogen) atoms. The highest BCUT2D eigenvalue weighted by atomic mass is 16.5. The van der Waals surface area contributed by atoms with Gasteiger partial charge in [-0.05, 0) is 67.3 Å². The Balaban J connectivity index is 1.77. The lowest BCUT2D eigenvalue weighted by atomic mass is 9.97. The van der Waals surface area contributed by atoms with E-state index in [4.69, 9.17) is 9.15 Å². The topological polar surface area (TPSA) is 85.5 Å². The molecule has 166 valence electrons. The van der Waals surface area contributed by atoms with Crippen LogP contribution in [0.15, 0.2) is 64.1 Å². The highest BCUT2D eigenvalue weighted by Gasteiger charge is 2.45. The van der Waals surface area contributed by atoms with E-state index in [2.05, 4.69) is 9.97 Å². The summed E-state index contributed by atoms with van der Waals surface area (Å²) in [5.74, 6) is 0.446. The molecule has 0 saturated heterocycles. The van der Waals surface area contributed by atoms with Gasteiger partial charge in [0.1, 0.15) is 11.3 Å². The van der Waals surface area contributed by atoms with E-state index >= 15 is 0 Å². The van der Waals surface area contributed by atoms with Crippen molar-refractivity contribution in [2.24, 2.45) is 0 Å². The molecule has 1 unspecified atom stereocenters. The van der Waals surface area contributed by atoms with Crippen LogP contribution in [0.2, 0.25) is 0 Å². The molecule has 2 aromatic heterocycles. The largest absolute Gasteiger partial charge is 0.494 e. The van der Waals surface area contributed by atoms with Gasteiger partial charge < -0.3 is 9.15 Å². The van der Waals surface area contributed by atoms with Gasteiger partial charge in [0.2, 0.25) is 11.7 Å². The molecular formula is C26H23N3O4. The van der Waals surface area contributed by atoms with Crippen LogP contribution in [0.5, 0.6) is 5.75 Å². The molecule has 0 spiro atoms. The average molecular weight is 441 g/mol. The zero-order chi connectivity index (χ0) is 23.1. The molecule has 7 heteroatoms. The molecule has 1 amide bonds. The van der Waals surface area contributed by atoms with E-state index in [0.717, 1.165) is 23.1 Å². The maximum Gasteiger partial charge on any atom is 0.297 e. The number of anilines is 1. The average Bonchev–Trinajstić information content (AvgIpc) is 3.12. The lowest BCUT2D eigenvalue weighted by Gasteiger charge is -2.23. The fourth-order valence-electron chi connectivity index (χ4n) is 4.16. The Bertz CT molecular complexity index is 1430. The maximum atomic E-state index is 13.7. The number of rotatable bonds is 5. The van der Waals surface area contributed by atoms with Crippen LogP contribution in [0.4, 0.5) is 5.95 Å². The second-order valence-corrected chi connectivity index (χ2v) is 8.15. The number of hydrogen-bond donors (Lipinski definition) is 0. The first-order valence-electron chi connectivity index (χ1n) is 10.9. The maximum absolute atomic E-state index is 13.7.